The van der Waals surface area contributed by atoms with Crippen molar-refractivity contribution in [3.63, 3.8) is 0 Å². The maximum Gasteiger partial charge on any atom is 0.257 e. The van der Waals surface area contributed by atoms with E-state index >= 15 is 0 Å². The van der Waals surface area contributed by atoms with Crippen molar-refractivity contribution in [2.24, 2.45) is 0 Å². The number of anilines is 1. The number of aryl methyl sites for hydroxylation is 1. The monoisotopic (exact) mass is 420 g/mol. The third-order valence-corrected chi connectivity index (χ3v) is 6.29. The molecular weight excluding hydrogens is 392 g/mol. The van der Waals surface area contributed by atoms with E-state index < -0.39 is 6.04 Å². The predicted molar refractivity (Wildman–Crippen MR) is 118 cm³/mol. The zero-order valence-electron chi connectivity index (χ0n) is 18.0. The first kappa shape index (κ1) is 21.1. The molecule has 3 amide bonds. The molecule has 1 saturated heterocycles. The third kappa shape index (κ3) is 4.20. The molecule has 2 aliphatic rings. The first-order valence-corrected chi connectivity index (χ1v) is 10.9. The van der Waals surface area contributed by atoms with Gasteiger partial charge in [-0.15, -0.1) is 0 Å². The molecule has 1 aliphatic heterocycles. The second-order valence-electron chi connectivity index (χ2n) is 8.36. The van der Waals surface area contributed by atoms with Gasteiger partial charge in [0, 0.05) is 11.6 Å². The molecule has 6 nitrogen and oxygen atoms in total. The number of hydrogen-bond acceptors (Lipinski definition) is 4. The summed E-state index contributed by atoms with van der Waals surface area (Å²) in [6.45, 7) is 1.97. The molecule has 0 radical (unpaired) electrons. The molecule has 4 rings (SSSR count). The molecule has 2 aromatic rings. The van der Waals surface area contributed by atoms with Crippen molar-refractivity contribution in [1.29, 1.82) is 0 Å². The summed E-state index contributed by atoms with van der Waals surface area (Å²) in [7, 11) is 1.57. The summed E-state index contributed by atoms with van der Waals surface area (Å²) in [6, 6.07) is 13.4. The van der Waals surface area contributed by atoms with E-state index in [2.05, 4.69) is 0 Å². The topological polar surface area (TPSA) is 66.9 Å². The van der Waals surface area contributed by atoms with Gasteiger partial charge in [-0.3, -0.25) is 14.4 Å². The molecular formula is C25H28N2O4. The smallest absolute Gasteiger partial charge is 0.257 e. The van der Waals surface area contributed by atoms with E-state index in [0.717, 1.165) is 37.7 Å². The van der Waals surface area contributed by atoms with E-state index in [-0.39, 0.29) is 30.2 Å². The molecule has 2 fully saturated rings. The molecule has 31 heavy (non-hydrogen) atoms. The van der Waals surface area contributed by atoms with E-state index in [1.807, 2.05) is 19.1 Å². The minimum absolute atomic E-state index is 0.0129. The molecule has 1 heterocycles. The predicted octanol–water partition coefficient (Wildman–Crippen LogP) is 4.11. The fraction of sp³-hybridized carbons (Fsp3) is 0.400. The van der Waals surface area contributed by atoms with E-state index in [0.29, 0.717) is 17.0 Å². The zero-order valence-corrected chi connectivity index (χ0v) is 18.0. The number of nitrogens with zero attached hydrogens (tertiary/aromatic N) is 2. The number of ether oxygens (including phenoxy) is 1. The average molecular weight is 421 g/mol. The summed E-state index contributed by atoms with van der Waals surface area (Å²) in [5.41, 5.74) is 2.13. The van der Waals surface area contributed by atoms with Gasteiger partial charge in [-0.2, -0.15) is 0 Å². The number of carbonyl (C=O) groups is 3. The lowest BCUT2D eigenvalue weighted by Crippen LogP contribution is -2.51. The molecule has 6 heteroatoms. The molecule has 1 unspecified atom stereocenters. The zero-order chi connectivity index (χ0) is 22.0. The molecule has 0 spiro atoms. The van der Waals surface area contributed by atoms with Crippen molar-refractivity contribution in [2.45, 2.75) is 57.5 Å². The highest BCUT2D eigenvalue weighted by molar-refractivity contribution is 6.23. The Labute approximate surface area is 182 Å². The summed E-state index contributed by atoms with van der Waals surface area (Å²) < 4.78 is 5.17. The van der Waals surface area contributed by atoms with Crippen LogP contribution in [0, 0.1) is 6.92 Å². The van der Waals surface area contributed by atoms with Gasteiger partial charge in [0.05, 0.1) is 19.2 Å². The Morgan fingerprint density at radius 3 is 2.23 bits per heavy atom. The highest BCUT2D eigenvalue weighted by Crippen LogP contribution is 2.32. The number of amides is 3. The van der Waals surface area contributed by atoms with Gasteiger partial charge in [0.15, 0.2) is 0 Å². The summed E-state index contributed by atoms with van der Waals surface area (Å²) in [5, 5.41) is 0. The molecule has 1 aliphatic carbocycles. The number of hydrogen-bond donors (Lipinski definition) is 0. The summed E-state index contributed by atoms with van der Waals surface area (Å²) >= 11 is 0. The van der Waals surface area contributed by atoms with Crippen LogP contribution in [0.2, 0.25) is 0 Å². The summed E-state index contributed by atoms with van der Waals surface area (Å²) in [4.78, 5) is 42.8. The SMILES string of the molecule is COc1ccc(N2C(=O)CC(N(C(=O)c3ccc(C)cc3)C3CCCCC3)C2=O)cc1. The van der Waals surface area contributed by atoms with Crippen LogP contribution < -0.4 is 9.64 Å². The van der Waals surface area contributed by atoms with Crippen molar-refractivity contribution in [1.82, 2.24) is 4.90 Å². The van der Waals surface area contributed by atoms with Gasteiger partial charge in [-0.25, -0.2) is 4.90 Å². The standard InChI is InChI=1S/C25H28N2O4/c1-17-8-10-18(11-9-17)24(29)26(19-6-4-3-5-7-19)22-16-23(28)27(25(22)30)20-12-14-21(31-2)15-13-20/h8-15,19,22H,3-7,16H2,1-2H3. The van der Waals surface area contributed by atoms with Crippen LogP contribution in [0.1, 0.15) is 54.4 Å². The van der Waals surface area contributed by atoms with Crippen LogP contribution in [0.15, 0.2) is 48.5 Å². The van der Waals surface area contributed by atoms with Gasteiger partial charge in [0.2, 0.25) is 5.91 Å². The van der Waals surface area contributed by atoms with Crippen molar-refractivity contribution < 1.29 is 19.1 Å². The lowest BCUT2D eigenvalue weighted by atomic mass is 9.92. The summed E-state index contributed by atoms with van der Waals surface area (Å²) in [6.07, 6.45) is 4.92. The quantitative estimate of drug-likeness (QED) is 0.683. The minimum atomic E-state index is -0.772. The third-order valence-electron chi connectivity index (χ3n) is 6.29. The van der Waals surface area contributed by atoms with Crippen LogP contribution in [-0.2, 0) is 9.59 Å². The molecule has 162 valence electrons. The van der Waals surface area contributed by atoms with Crippen molar-refractivity contribution >= 4 is 23.4 Å². The van der Waals surface area contributed by atoms with Crippen LogP contribution >= 0.6 is 0 Å². The van der Waals surface area contributed by atoms with Crippen molar-refractivity contribution in [2.75, 3.05) is 12.0 Å². The Kier molecular flexibility index (Phi) is 6.07. The normalized spacial score (nSPS) is 19.5. The summed E-state index contributed by atoms with van der Waals surface area (Å²) in [5.74, 6) is -0.133. The Hall–Kier alpha value is -3.15. The Morgan fingerprint density at radius 1 is 0.968 bits per heavy atom. The molecule has 1 saturated carbocycles. The second kappa shape index (κ2) is 8.92. The first-order chi connectivity index (χ1) is 15.0. The largest absolute Gasteiger partial charge is 0.497 e. The number of carbonyl (C=O) groups excluding carboxylic acids is 3. The maximum atomic E-state index is 13.5. The first-order valence-electron chi connectivity index (χ1n) is 10.9. The molecule has 2 aromatic carbocycles. The van der Waals surface area contributed by atoms with E-state index in [4.69, 9.17) is 4.74 Å². The average Bonchev–Trinajstić information content (AvgIpc) is 3.08. The fourth-order valence-electron chi connectivity index (χ4n) is 4.60. The van der Waals surface area contributed by atoms with Crippen LogP contribution in [0.4, 0.5) is 5.69 Å². The van der Waals surface area contributed by atoms with Gasteiger partial charge in [0.25, 0.3) is 11.8 Å². The Balaban J connectivity index is 1.65. The number of rotatable bonds is 5. The van der Waals surface area contributed by atoms with E-state index in [1.165, 1.54) is 4.90 Å². The van der Waals surface area contributed by atoms with E-state index in [9.17, 15) is 14.4 Å². The van der Waals surface area contributed by atoms with Crippen molar-refractivity contribution in [3.8, 4) is 5.75 Å². The van der Waals surface area contributed by atoms with Gasteiger partial charge in [0.1, 0.15) is 11.8 Å². The molecule has 0 N–H and O–H groups in total. The molecule has 0 aromatic heterocycles. The number of methoxy groups -OCH3 is 1. The van der Waals surface area contributed by atoms with Gasteiger partial charge in [-0.05, 0) is 56.2 Å². The van der Waals surface area contributed by atoms with Gasteiger partial charge >= 0.3 is 0 Å². The minimum Gasteiger partial charge on any atom is -0.497 e. The second-order valence-corrected chi connectivity index (χ2v) is 8.36. The fourth-order valence-corrected chi connectivity index (χ4v) is 4.60. The van der Waals surface area contributed by atoms with Crippen LogP contribution in [0.3, 0.4) is 0 Å². The van der Waals surface area contributed by atoms with Crippen molar-refractivity contribution in [3.05, 3.63) is 59.7 Å². The molecule has 1 atom stereocenters. The number of benzene rings is 2. The van der Waals surface area contributed by atoms with E-state index in [1.54, 1.807) is 48.4 Å². The van der Waals surface area contributed by atoms with Crippen LogP contribution in [-0.4, -0.2) is 41.8 Å². The lowest BCUT2D eigenvalue weighted by Gasteiger charge is -2.37. The van der Waals surface area contributed by atoms with Gasteiger partial charge < -0.3 is 9.64 Å². The lowest BCUT2D eigenvalue weighted by molar-refractivity contribution is -0.123. The highest BCUT2D eigenvalue weighted by atomic mass is 16.5. The Morgan fingerprint density at radius 2 is 1.61 bits per heavy atom. The van der Waals surface area contributed by atoms with Crippen LogP contribution in [0.25, 0.3) is 0 Å². The number of imide groups is 1. The molecule has 0 bridgehead atoms. The Bertz CT molecular complexity index is 962. The van der Waals surface area contributed by atoms with Gasteiger partial charge in [-0.1, -0.05) is 37.0 Å². The highest BCUT2D eigenvalue weighted by Gasteiger charge is 2.46. The maximum absolute atomic E-state index is 13.5. The van der Waals surface area contributed by atoms with Crippen LogP contribution in [0.5, 0.6) is 5.75 Å².